The van der Waals surface area contributed by atoms with E-state index in [1.807, 2.05) is 0 Å². The van der Waals surface area contributed by atoms with E-state index in [1.54, 1.807) is 19.2 Å². The summed E-state index contributed by atoms with van der Waals surface area (Å²) >= 11 is 0. The summed E-state index contributed by atoms with van der Waals surface area (Å²) in [6.45, 7) is 11.1. The van der Waals surface area contributed by atoms with Crippen molar-refractivity contribution in [1.82, 2.24) is 4.98 Å². The lowest BCUT2D eigenvalue weighted by Crippen LogP contribution is -2.25. The molecule has 0 saturated heterocycles. The standard InChI is InChI=1S/C14H23N3O2/c1-9(2)12(10(3)4)8-16-14-13(17(18)19)11(5)6-7-15-14/h6-7,9-10,12H,8H2,1-5H3,(H,15,16). The van der Waals surface area contributed by atoms with Crippen LogP contribution in [-0.2, 0) is 0 Å². The van der Waals surface area contributed by atoms with Crippen LogP contribution in [0.2, 0.25) is 0 Å². The van der Waals surface area contributed by atoms with Gasteiger partial charge in [-0.1, -0.05) is 27.7 Å². The summed E-state index contributed by atoms with van der Waals surface area (Å²) in [5, 5.41) is 14.2. The molecule has 0 aliphatic heterocycles. The summed E-state index contributed by atoms with van der Waals surface area (Å²) in [5.41, 5.74) is 0.710. The van der Waals surface area contributed by atoms with E-state index >= 15 is 0 Å². The summed E-state index contributed by atoms with van der Waals surface area (Å²) in [6, 6.07) is 1.66. The van der Waals surface area contributed by atoms with Crippen LogP contribution in [0.1, 0.15) is 33.3 Å². The van der Waals surface area contributed by atoms with Gasteiger partial charge >= 0.3 is 5.69 Å². The minimum absolute atomic E-state index is 0.0776. The molecule has 0 aromatic carbocycles. The summed E-state index contributed by atoms with van der Waals surface area (Å²) in [4.78, 5) is 14.8. The van der Waals surface area contributed by atoms with Crippen LogP contribution in [0.25, 0.3) is 0 Å². The van der Waals surface area contributed by atoms with Crippen molar-refractivity contribution in [1.29, 1.82) is 0 Å². The highest BCUT2D eigenvalue weighted by atomic mass is 16.6. The first-order valence-corrected chi connectivity index (χ1v) is 6.68. The molecular formula is C14H23N3O2. The van der Waals surface area contributed by atoms with E-state index in [9.17, 15) is 10.1 Å². The lowest BCUT2D eigenvalue weighted by Gasteiger charge is -2.25. The first kappa shape index (κ1) is 15.4. The molecule has 5 nitrogen and oxygen atoms in total. The van der Waals surface area contributed by atoms with Crippen LogP contribution in [0, 0.1) is 34.8 Å². The lowest BCUT2D eigenvalue weighted by molar-refractivity contribution is -0.384. The van der Waals surface area contributed by atoms with Gasteiger partial charge in [0.2, 0.25) is 5.82 Å². The Labute approximate surface area is 114 Å². The molecular weight excluding hydrogens is 242 g/mol. The van der Waals surface area contributed by atoms with Crippen LogP contribution in [0.4, 0.5) is 11.5 Å². The predicted octanol–water partition coefficient (Wildman–Crippen LogP) is 3.64. The van der Waals surface area contributed by atoms with Crippen LogP contribution < -0.4 is 5.32 Å². The number of aryl methyl sites for hydroxylation is 1. The highest BCUT2D eigenvalue weighted by Crippen LogP contribution is 2.27. The summed E-state index contributed by atoms with van der Waals surface area (Å²) in [7, 11) is 0. The van der Waals surface area contributed by atoms with E-state index in [0.29, 0.717) is 35.7 Å². The molecule has 19 heavy (non-hydrogen) atoms. The molecule has 0 aliphatic rings. The van der Waals surface area contributed by atoms with Crippen molar-refractivity contribution >= 4 is 11.5 Å². The molecule has 0 fully saturated rings. The maximum absolute atomic E-state index is 11.1. The molecule has 0 radical (unpaired) electrons. The van der Waals surface area contributed by atoms with Gasteiger partial charge in [0.1, 0.15) is 0 Å². The van der Waals surface area contributed by atoms with Crippen molar-refractivity contribution in [3.8, 4) is 0 Å². The number of aromatic nitrogens is 1. The van der Waals surface area contributed by atoms with Gasteiger partial charge in [0.15, 0.2) is 0 Å². The minimum Gasteiger partial charge on any atom is -0.364 e. The van der Waals surface area contributed by atoms with E-state index in [-0.39, 0.29) is 10.6 Å². The van der Waals surface area contributed by atoms with Crippen LogP contribution in [0.5, 0.6) is 0 Å². The molecule has 1 aromatic heterocycles. The first-order valence-electron chi connectivity index (χ1n) is 6.68. The Morgan fingerprint density at radius 2 is 1.89 bits per heavy atom. The third-order valence-corrected chi connectivity index (χ3v) is 3.53. The zero-order chi connectivity index (χ0) is 14.6. The fraction of sp³-hybridized carbons (Fsp3) is 0.643. The quantitative estimate of drug-likeness (QED) is 0.630. The number of nitro groups is 1. The monoisotopic (exact) mass is 265 g/mol. The number of nitrogens with zero attached hydrogens (tertiary/aromatic N) is 2. The Balaban J connectivity index is 2.88. The second-order valence-electron chi connectivity index (χ2n) is 5.61. The molecule has 1 heterocycles. The Morgan fingerprint density at radius 1 is 1.32 bits per heavy atom. The van der Waals surface area contributed by atoms with Gasteiger partial charge in [0, 0.05) is 18.3 Å². The second kappa shape index (κ2) is 6.50. The molecule has 0 spiro atoms. The number of pyridine rings is 1. The summed E-state index contributed by atoms with van der Waals surface area (Å²) in [5.74, 6) is 1.88. The molecule has 0 saturated carbocycles. The number of nitrogens with one attached hydrogen (secondary N) is 1. The summed E-state index contributed by atoms with van der Waals surface area (Å²) in [6.07, 6.45) is 1.60. The van der Waals surface area contributed by atoms with E-state index in [4.69, 9.17) is 0 Å². The van der Waals surface area contributed by atoms with Crippen LogP contribution >= 0.6 is 0 Å². The highest BCUT2D eigenvalue weighted by molar-refractivity contribution is 5.59. The third-order valence-electron chi connectivity index (χ3n) is 3.53. The fourth-order valence-corrected chi connectivity index (χ4v) is 2.37. The average Bonchev–Trinajstić information content (AvgIpc) is 2.27. The van der Waals surface area contributed by atoms with Crippen molar-refractivity contribution in [2.75, 3.05) is 11.9 Å². The highest BCUT2D eigenvalue weighted by Gasteiger charge is 2.21. The topological polar surface area (TPSA) is 68.1 Å². The van der Waals surface area contributed by atoms with Gasteiger partial charge in [-0.25, -0.2) is 4.98 Å². The number of rotatable bonds is 6. The Kier molecular flexibility index (Phi) is 5.27. The molecule has 0 bridgehead atoms. The largest absolute Gasteiger partial charge is 0.364 e. The number of hydrogen-bond donors (Lipinski definition) is 1. The van der Waals surface area contributed by atoms with Gasteiger partial charge < -0.3 is 5.32 Å². The van der Waals surface area contributed by atoms with Crippen molar-refractivity contribution in [3.63, 3.8) is 0 Å². The van der Waals surface area contributed by atoms with Gasteiger partial charge in [-0.15, -0.1) is 0 Å². The molecule has 1 N–H and O–H groups in total. The average molecular weight is 265 g/mol. The molecule has 106 valence electrons. The maximum Gasteiger partial charge on any atom is 0.314 e. The third kappa shape index (κ3) is 3.91. The molecule has 1 aromatic rings. The molecule has 0 atom stereocenters. The van der Waals surface area contributed by atoms with Crippen molar-refractivity contribution in [3.05, 3.63) is 27.9 Å². The van der Waals surface area contributed by atoms with E-state index in [0.717, 1.165) is 0 Å². The lowest BCUT2D eigenvalue weighted by atomic mass is 9.85. The minimum atomic E-state index is -0.371. The predicted molar refractivity (Wildman–Crippen MR) is 77.3 cm³/mol. The molecule has 5 heteroatoms. The van der Waals surface area contributed by atoms with Gasteiger partial charge in [-0.3, -0.25) is 10.1 Å². The first-order chi connectivity index (χ1) is 8.84. The van der Waals surface area contributed by atoms with Crippen LogP contribution in [0.15, 0.2) is 12.3 Å². The van der Waals surface area contributed by atoms with Gasteiger partial charge in [0.25, 0.3) is 0 Å². The SMILES string of the molecule is Cc1ccnc(NCC(C(C)C)C(C)C)c1[N+](=O)[O-]. The van der Waals surface area contributed by atoms with Crippen molar-refractivity contribution < 1.29 is 4.92 Å². The smallest absolute Gasteiger partial charge is 0.314 e. The maximum atomic E-state index is 11.1. The van der Waals surface area contributed by atoms with E-state index < -0.39 is 0 Å². The van der Waals surface area contributed by atoms with Crippen molar-refractivity contribution in [2.45, 2.75) is 34.6 Å². The number of hydrogen-bond acceptors (Lipinski definition) is 4. The summed E-state index contributed by atoms with van der Waals surface area (Å²) < 4.78 is 0. The fourth-order valence-electron chi connectivity index (χ4n) is 2.37. The van der Waals surface area contributed by atoms with E-state index in [1.165, 1.54) is 0 Å². The number of anilines is 1. The zero-order valence-electron chi connectivity index (χ0n) is 12.3. The Morgan fingerprint density at radius 3 is 2.37 bits per heavy atom. The molecule has 0 unspecified atom stereocenters. The van der Waals surface area contributed by atoms with Gasteiger partial charge in [-0.2, -0.15) is 0 Å². The molecule has 0 aliphatic carbocycles. The molecule has 0 amide bonds. The van der Waals surface area contributed by atoms with E-state index in [2.05, 4.69) is 38.0 Å². The normalized spacial score (nSPS) is 11.4. The molecule has 1 rings (SSSR count). The van der Waals surface area contributed by atoms with Crippen LogP contribution in [0.3, 0.4) is 0 Å². The van der Waals surface area contributed by atoms with Gasteiger partial charge in [-0.05, 0) is 30.7 Å². The van der Waals surface area contributed by atoms with Gasteiger partial charge in [0.05, 0.1) is 4.92 Å². The van der Waals surface area contributed by atoms with Crippen LogP contribution in [-0.4, -0.2) is 16.5 Å². The van der Waals surface area contributed by atoms with Crippen molar-refractivity contribution in [2.24, 2.45) is 17.8 Å². The second-order valence-corrected chi connectivity index (χ2v) is 5.61. The Bertz CT molecular complexity index is 436. The Hall–Kier alpha value is -1.65. The zero-order valence-corrected chi connectivity index (χ0v) is 12.3.